The molecule has 0 bridgehead atoms. The Kier molecular flexibility index (Phi) is 3.93. The molecule has 1 nitrogen and oxygen atoms in total. The maximum atomic E-state index is 12.5. The summed E-state index contributed by atoms with van der Waals surface area (Å²) < 4.78 is 37.4. The molecule has 1 aromatic heterocycles. The van der Waals surface area contributed by atoms with Crippen molar-refractivity contribution in [2.45, 2.75) is 32.0 Å². The number of rotatable bonds is 3. The zero-order valence-electron chi connectivity index (χ0n) is 11.2. The standard InChI is InChI=1S/C15H15F3OS/c1-10-3-8-13(20-10)14(2,19)9-11-4-6-12(7-5-11)15(16,17)18/h3-8,19H,9H2,1-2H3. The van der Waals surface area contributed by atoms with Gasteiger partial charge in [0.15, 0.2) is 0 Å². The molecule has 1 heterocycles. The fourth-order valence-electron chi connectivity index (χ4n) is 2.02. The van der Waals surface area contributed by atoms with Crippen LogP contribution >= 0.6 is 11.3 Å². The summed E-state index contributed by atoms with van der Waals surface area (Å²) in [4.78, 5) is 1.91. The maximum absolute atomic E-state index is 12.5. The summed E-state index contributed by atoms with van der Waals surface area (Å²) in [7, 11) is 0. The normalized spacial score (nSPS) is 15.1. The average molecular weight is 300 g/mol. The van der Waals surface area contributed by atoms with Gasteiger partial charge < -0.3 is 5.11 Å². The first-order valence-electron chi connectivity index (χ1n) is 6.14. The van der Waals surface area contributed by atoms with Gasteiger partial charge in [-0.25, -0.2) is 0 Å². The van der Waals surface area contributed by atoms with Crippen molar-refractivity contribution in [3.05, 3.63) is 57.3 Å². The van der Waals surface area contributed by atoms with Gasteiger partial charge in [-0.05, 0) is 43.7 Å². The highest BCUT2D eigenvalue weighted by Gasteiger charge is 2.30. The molecule has 108 valence electrons. The van der Waals surface area contributed by atoms with Crippen molar-refractivity contribution in [2.75, 3.05) is 0 Å². The number of halogens is 3. The molecule has 1 aromatic carbocycles. The zero-order valence-corrected chi connectivity index (χ0v) is 12.0. The molecule has 2 aromatic rings. The van der Waals surface area contributed by atoms with Crippen molar-refractivity contribution < 1.29 is 18.3 Å². The first kappa shape index (κ1) is 15.1. The smallest absolute Gasteiger partial charge is 0.384 e. The summed E-state index contributed by atoms with van der Waals surface area (Å²) in [5.74, 6) is 0. The first-order chi connectivity index (χ1) is 9.18. The van der Waals surface area contributed by atoms with Gasteiger partial charge in [-0.3, -0.25) is 0 Å². The van der Waals surface area contributed by atoms with E-state index in [0.717, 1.165) is 21.9 Å². The molecule has 0 aliphatic heterocycles. The van der Waals surface area contributed by atoms with E-state index in [1.807, 2.05) is 19.1 Å². The van der Waals surface area contributed by atoms with Gasteiger partial charge in [-0.15, -0.1) is 11.3 Å². The van der Waals surface area contributed by atoms with E-state index in [4.69, 9.17) is 0 Å². The number of thiophene rings is 1. The van der Waals surface area contributed by atoms with Crippen molar-refractivity contribution in [1.82, 2.24) is 0 Å². The van der Waals surface area contributed by atoms with Gasteiger partial charge in [-0.1, -0.05) is 12.1 Å². The fraction of sp³-hybridized carbons (Fsp3) is 0.333. The Balaban J connectivity index is 2.17. The quantitative estimate of drug-likeness (QED) is 0.883. The molecule has 1 unspecified atom stereocenters. The van der Waals surface area contributed by atoms with Gasteiger partial charge in [0.1, 0.15) is 0 Å². The van der Waals surface area contributed by atoms with Gasteiger partial charge >= 0.3 is 6.18 Å². The van der Waals surface area contributed by atoms with Gasteiger partial charge in [0.25, 0.3) is 0 Å². The summed E-state index contributed by atoms with van der Waals surface area (Å²) in [5, 5.41) is 10.5. The van der Waals surface area contributed by atoms with E-state index < -0.39 is 17.3 Å². The van der Waals surface area contributed by atoms with Crippen LogP contribution in [0, 0.1) is 6.92 Å². The molecule has 0 amide bonds. The predicted octanol–water partition coefficient (Wildman–Crippen LogP) is 4.53. The van der Waals surface area contributed by atoms with Crippen LogP contribution in [0.1, 0.15) is 27.8 Å². The molecule has 1 N–H and O–H groups in total. The van der Waals surface area contributed by atoms with Crippen LogP contribution in [-0.2, 0) is 18.2 Å². The highest BCUT2D eigenvalue weighted by atomic mass is 32.1. The Morgan fingerprint density at radius 2 is 1.65 bits per heavy atom. The molecule has 2 rings (SSSR count). The molecular weight excluding hydrogens is 285 g/mol. The van der Waals surface area contributed by atoms with Crippen molar-refractivity contribution in [3.8, 4) is 0 Å². The highest BCUT2D eigenvalue weighted by molar-refractivity contribution is 7.12. The SMILES string of the molecule is Cc1ccc(C(C)(O)Cc2ccc(C(F)(F)F)cc2)s1. The fourth-order valence-corrected chi connectivity index (χ4v) is 2.93. The molecule has 0 saturated heterocycles. The zero-order chi connectivity index (χ0) is 15.0. The number of aliphatic hydroxyl groups is 1. The summed E-state index contributed by atoms with van der Waals surface area (Å²) >= 11 is 1.49. The van der Waals surface area contributed by atoms with Crippen LogP contribution in [0.4, 0.5) is 13.2 Å². The summed E-state index contributed by atoms with van der Waals surface area (Å²) in [6.45, 7) is 3.62. The van der Waals surface area contributed by atoms with Gasteiger partial charge in [0.2, 0.25) is 0 Å². The van der Waals surface area contributed by atoms with Crippen LogP contribution in [0.15, 0.2) is 36.4 Å². The number of hydrogen-bond donors (Lipinski definition) is 1. The summed E-state index contributed by atoms with van der Waals surface area (Å²) in [6, 6.07) is 8.69. The molecule has 0 aliphatic carbocycles. The van der Waals surface area contributed by atoms with E-state index in [1.165, 1.54) is 23.5 Å². The number of benzene rings is 1. The van der Waals surface area contributed by atoms with E-state index in [2.05, 4.69) is 0 Å². The van der Waals surface area contributed by atoms with Gasteiger partial charge in [0.05, 0.1) is 11.2 Å². The van der Waals surface area contributed by atoms with Crippen molar-refractivity contribution >= 4 is 11.3 Å². The van der Waals surface area contributed by atoms with Crippen LogP contribution in [0.2, 0.25) is 0 Å². The molecule has 1 atom stereocenters. The second-order valence-corrected chi connectivity index (χ2v) is 6.34. The molecule has 5 heteroatoms. The third-order valence-corrected chi connectivity index (χ3v) is 4.35. The third kappa shape index (κ3) is 3.41. The van der Waals surface area contributed by atoms with Crippen LogP contribution in [0.3, 0.4) is 0 Å². The monoisotopic (exact) mass is 300 g/mol. The number of alkyl halides is 3. The van der Waals surface area contributed by atoms with E-state index >= 15 is 0 Å². The summed E-state index contributed by atoms with van der Waals surface area (Å²) in [6.07, 6.45) is -4.04. The molecule has 0 radical (unpaired) electrons. The predicted molar refractivity (Wildman–Crippen MR) is 73.8 cm³/mol. The van der Waals surface area contributed by atoms with Crippen LogP contribution in [-0.4, -0.2) is 5.11 Å². The molecule has 0 spiro atoms. The Bertz CT molecular complexity index is 582. The molecule has 0 aliphatic rings. The Morgan fingerprint density at radius 3 is 2.10 bits per heavy atom. The lowest BCUT2D eigenvalue weighted by Gasteiger charge is -2.22. The lowest BCUT2D eigenvalue weighted by molar-refractivity contribution is -0.137. The Labute approximate surface area is 119 Å². The van der Waals surface area contributed by atoms with Crippen molar-refractivity contribution in [2.24, 2.45) is 0 Å². The number of hydrogen-bond acceptors (Lipinski definition) is 2. The van der Waals surface area contributed by atoms with Crippen molar-refractivity contribution in [3.63, 3.8) is 0 Å². The Morgan fingerprint density at radius 1 is 1.05 bits per heavy atom. The van der Waals surface area contributed by atoms with Crippen LogP contribution < -0.4 is 0 Å². The largest absolute Gasteiger partial charge is 0.416 e. The molecule has 0 fully saturated rings. The van der Waals surface area contributed by atoms with E-state index in [1.54, 1.807) is 6.92 Å². The van der Waals surface area contributed by atoms with Gasteiger partial charge in [0, 0.05) is 16.2 Å². The minimum absolute atomic E-state index is 0.283. The van der Waals surface area contributed by atoms with E-state index in [0.29, 0.717) is 5.56 Å². The molecule has 20 heavy (non-hydrogen) atoms. The van der Waals surface area contributed by atoms with E-state index in [-0.39, 0.29) is 6.42 Å². The van der Waals surface area contributed by atoms with Gasteiger partial charge in [-0.2, -0.15) is 13.2 Å². The highest BCUT2D eigenvalue weighted by Crippen LogP contribution is 2.33. The van der Waals surface area contributed by atoms with E-state index in [9.17, 15) is 18.3 Å². The third-order valence-electron chi connectivity index (χ3n) is 3.10. The average Bonchev–Trinajstić information content (AvgIpc) is 2.76. The lowest BCUT2D eigenvalue weighted by Crippen LogP contribution is -2.22. The minimum Gasteiger partial charge on any atom is -0.384 e. The Hall–Kier alpha value is -1.33. The topological polar surface area (TPSA) is 20.2 Å². The summed E-state index contributed by atoms with van der Waals surface area (Å²) in [5.41, 5.74) is -1.07. The molecule has 0 saturated carbocycles. The second kappa shape index (κ2) is 5.22. The van der Waals surface area contributed by atoms with Crippen LogP contribution in [0.5, 0.6) is 0 Å². The molecular formula is C15H15F3OS. The number of aryl methyl sites for hydroxylation is 1. The maximum Gasteiger partial charge on any atom is 0.416 e. The minimum atomic E-state index is -4.33. The van der Waals surface area contributed by atoms with Crippen LogP contribution in [0.25, 0.3) is 0 Å². The first-order valence-corrected chi connectivity index (χ1v) is 6.95. The second-order valence-electron chi connectivity index (χ2n) is 5.06. The van der Waals surface area contributed by atoms with Crippen molar-refractivity contribution in [1.29, 1.82) is 0 Å². The lowest BCUT2D eigenvalue weighted by atomic mass is 9.94.